The van der Waals surface area contributed by atoms with Crippen molar-refractivity contribution >= 4 is 5.97 Å². The van der Waals surface area contributed by atoms with Gasteiger partial charge in [-0.25, -0.2) is 4.39 Å². The number of carboxylic acid groups (broad SMARTS) is 1. The molecule has 21 heavy (non-hydrogen) atoms. The van der Waals surface area contributed by atoms with Gasteiger partial charge in [0, 0.05) is 16.8 Å². The van der Waals surface area contributed by atoms with Gasteiger partial charge < -0.3 is 5.11 Å². The normalized spacial score (nSPS) is 10.4. The maximum Gasteiger partial charge on any atom is 0.307 e. The lowest BCUT2D eigenvalue weighted by atomic mass is 10.1. The van der Waals surface area contributed by atoms with E-state index < -0.39 is 11.8 Å². The largest absolute Gasteiger partial charge is 0.481 e. The summed E-state index contributed by atoms with van der Waals surface area (Å²) in [5.74, 6) is -1.35. The molecule has 0 atom stereocenters. The average Bonchev–Trinajstić information content (AvgIpc) is 2.68. The zero-order valence-electron chi connectivity index (χ0n) is 11.7. The summed E-state index contributed by atoms with van der Waals surface area (Å²) in [6.45, 7) is 3.64. The third-order valence-electron chi connectivity index (χ3n) is 3.35. The summed E-state index contributed by atoms with van der Waals surface area (Å²) in [6, 6.07) is 6.10. The van der Waals surface area contributed by atoms with Crippen molar-refractivity contribution in [1.29, 1.82) is 5.26 Å². The van der Waals surface area contributed by atoms with E-state index in [-0.39, 0.29) is 13.0 Å². The van der Waals surface area contributed by atoms with Gasteiger partial charge in [-0.3, -0.25) is 9.48 Å². The first-order valence-electron chi connectivity index (χ1n) is 6.35. The van der Waals surface area contributed by atoms with Crippen LogP contribution >= 0.6 is 0 Å². The Bertz CT molecular complexity index is 744. The molecule has 1 heterocycles. The van der Waals surface area contributed by atoms with Crippen molar-refractivity contribution in [1.82, 2.24) is 9.78 Å². The summed E-state index contributed by atoms with van der Waals surface area (Å²) >= 11 is 0. The molecule has 5 nitrogen and oxygen atoms in total. The second-order valence-corrected chi connectivity index (χ2v) is 4.80. The number of hydrogen-bond donors (Lipinski definition) is 1. The predicted octanol–water partition coefficient (Wildman–Crippen LogP) is 2.19. The van der Waals surface area contributed by atoms with Gasteiger partial charge in [0.2, 0.25) is 0 Å². The maximum absolute atomic E-state index is 13.8. The Balaban J connectivity index is 2.37. The van der Waals surface area contributed by atoms with Gasteiger partial charge in [0.1, 0.15) is 5.82 Å². The average molecular weight is 287 g/mol. The number of nitriles is 1. The molecule has 1 N–H and O–H groups in total. The van der Waals surface area contributed by atoms with Gasteiger partial charge in [-0.2, -0.15) is 10.4 Å². The highest BCUT2D eigenvalue weighted by Gasteiger charge is 2.15. The highest BCUT2D eigenvalue weighted by atomic mass is 19.1. The van der Waals surface area contributed by atoms with Gasteiger partial charge in [0.25, 0.3) is 0 Å². The Hall–Kier alpha value is -2.68. The minimum absolute atomic E-state index is 0.113. The molecule has 6 heteroatoms. The molecule has 0 aliphatic rings. The first kappa shape index (κ1) is 14.7. The van der Waals surface area contributed by atoms with Crippen molar-refractivity contribution in [2.75, 3.05) is 0 Å². The molecule has 2 aromatic rings. The number of nitrogens with zero attached hydrogens (tertiary/aromatic N) is 3. The molecular formula is C15H14FN3O2. The second-order valence-electron chi connectivity index (χ2n) is 4.80. The van der Waals surface area contributed by atoms with E-state index in [9.17, 15) is 9.18 Å². The van der Waals surface area contributed by atoms with Crippen LogP contribution in [0.3, 0.4) is 0 Å². The number of carbonyl (C=O) groups is 1. The Morgan fingerprint density at radius 1 is 1.48 bits per heavy atom. The van der Waals surface area contributed by atoms with Crippen LogP contribution in [0.4, 0.5) is 4.39 Å². The zero-order chi connectivity index (χ0) is 15.6. The van der Waals surface area contributed by atoms with Gasteiger partial charge in [-0.15, -0.1) is 0 Å². The van der Waals surface area contributed by atoms with Crippen LogP contribution in [0, 0.1) is 31.0 Å². The minimum Gasteiger partial charge on any atom is -0.481 e. The Labute approximate surface area is 121 Å². The van der Waals surface area contributed by atoms with Gasteiger partial charge in [0.15, 0.2) is 0 Å². The predicted molar refractivity (Wildman–Crippen MR) is 73.3 cm³/mol. The quantitative estimate of drug-likeness (QED) is 0.934. The molecule has 0 aliphatic heterocycles. The number of halogens is 1. The summed E-state index contributed by atoms with van der Waals surface area (Å²) in [7, 11) is 0. The number of hydrogen-bond acceptors (Lipinski definition) is 3. The van der Waals surface area contributed by atoms with Crippen LogP contribution in [0.2, 0.25) is 0 Å². The highest BCUT2D eigenvalue weighted by molar-refractivity contribution is 5.70. The SMILES string of the molecule is Cc1nn(Cc2cc(C#N)ccc2F)c(C)c1CC(=O)O. The molecule has 0 radical (unpaired) electrons. The van der Waals surface area contributed by atoms with Gasteiger partial charge in [-0.05, 0) is 32.0 Å². The molecule has 1 aromatic heterocycles. The summed E-state index contributed by atoms with van der Waals surface area (Å²) < 4.78 is 15.4. The summed E-state index contributed by atoms with van der Waals surface area (Å²) in [6.07, 6.45) is -0.113. The number of aliphatic carboxylic acids is 1. The third kappa shape index (κ3) is 3.08. The summed E-state index contributed by atoms with van der Waals surface area (Å²) in [4.78, 5) is 10.8. The van der Waals surface area contributed by atoms with E-state index >= 15 is 0 Å². The second kappa shape index (κ2) is 5.75. The van der Waals surface area contributed by atoms with Crippen LogP contribution < -0.4 is 0 Å². The highest BCUT2D eigenvalue weighted by Crippen LogP contribution is 2.17. The number of carboxylic acids is 1. The van der Waals surface area contributed by atoms with Crippen molar-refractivity contribution in [3.8, 4) is 6.07 Å². The van der Waals surface area contributed by atoms with E-state index in [0.717, 1.165) is 0 Å². The third-order valence-corrected chi connectivity index (χ3v) is 3.35. The van der Waals surface area contributed by atoms with Crippen molar-refractivity contribution in [2.24, 2.45) is 0 Å². The fourth-order valence-corrected chi connectivity index (χ4v) is 2.22. The topological polar surface area (TPSA) is 78.9 Å². The van der Waals surface area contributed by atoms with Gasteiger partial charge in [-0.1, -0.05) is 0 Å². The van der Waals surface area contributed by atoms with Crippen LogP contribution in [0.25, 0.3) is 0 Å². The molecule has 0 spiro atoms. The number of aromatic nitrogens is 2. The van der Waals surface area contributed by atoms with Crippen LogP contribution in [0.5, 0.6) is 0 Å². The fourth-order valence-electron chi connectivity index (χ4n) is 2.22. The van der Waals surface area contributed by atoms with Crippen molar-refractivity contribution < 1.29 is 14.3 Å². The summed E-state index contributed by atoms with van der Waals surface area (Å²) in [5.41, 5.74) is 2.67. The molecule has 1 aromatic carbocycles. The first-order chi connectivity index (χ1) is 9.92. The molecule has 0 unspecified atom stereocenters. The van der Waals surface area contributed by atoms with Crippen molar-refractivity contribution in [2.45, 2.75) is 26.8 Å². The molecule has 108 valence electrons. The molecule has 2 rings (SSSR count). The van der Waals surface area contributed by atoms with Gasteiger partial charge >= 0.3 is 5.97 Å². The first-order valence-corrected chi connectivity index (χ1v) is 6.35. The van der Waals surface area contributed by atoms with E-state index in [2.05, 4.69) is 5.10 Å². The number of aryl methyl sites for hydroxylation is 1. The monoisotopic (exact) mass is 287 g/mol. The lowest BCUT2D eigenvalue weighted by Gasteiger charge is -2.07. The van der Waals surface area contributed by atoms with E-state index in [1.54, 1.807) is 18.5 Å². The van der Waals surface area contributed by atoms with E-state index in [1.165, 1.54) is 18.2 Å². The van der Waals surface area contributed by atoms with Crippen LogP contribution in [-0.4, -0.2) is 20.9 Å². The zero-order valence-corrected chi connectivity index (χ0v) is 11.7. The Kier molecular flexibility index (Phi) is 4.03. The minimum atomic E-state index is -0.932. The molecule has 0 saturated heterocycles. The van der Waals surface area contributed by atoms with Crippen LogP contribution in [-0.2, 0) is 17.8 Å². The van der Waals surface area contributed by atoms with Crippen molar-refractivity contribution in [3.63, 3.8) is 0 Å². The number of rotatable bonds is 4. The van der Waals surface area contributed by atoms with E-state index in [1.807, 2.05) is 6.07 Å². The lowest BCUT2D eigenvalue weighted by Crippen LogP contribution is -2.07. The molecule has 0 saturated carbocycles. The molecule has 0 aliphatic carbocycles. The Morgan fingerprint density at radius 2 is 2.19 bits per heavy atom. The lowest BCUT2D eigenvalue weighted by molar-refractivity contribution is -0.136. The van der Waals surface area contributed by atoms with E-state index in [0.29, 0.717) is 28.1 Å². The number of benzene rings is 1. The maximum atomic E-state index is 13.8. The molecule has 0 fully saturated rings. The summed E-state index contributed by atoms with van der Waals surface area (Å²) in [5, 5.41) is 22.0. The molecular weight excluding hydrogens is 273 g/mol. The fraction of sp³-hybridized carbons (Fsp3) is 0.267. The molecule has 0 amide bonds. The van der Waals surface area contributed by atoms with E-state index in [4.69, 9.17) is 10.4 Å². The van der Waals surface area contributed by atoms with Crippen LogP contribution in [0.15, 0.2) is 18.2 Å². The molecule has 0 bridgehead atoms. The van der Waals surface area contributed by atoms with Gasteiger partial charge in [0.05, 0.1) is 30.3 Å². The standard InChI is InChI=1S/C15H14FN3O2/c1-9-13(6-15(20)21)10(2)19(18-9)8-12-5-11(7-17)3-4-14(12)16/h3-5H,6,8H2,1-2H3,(H,20,21). The smallest absolute Gasteiger partial charge is 0.307 e. The van der Waals surface area contributed by atoms with Crippen molar-refractivity contribution in [3.05, 3.63) is 52.1 Å². The Morgan fingerprint density at radius 3 is 2.81 bits per heavy atom. The van der Waals surface area contributed by atoms with Crippen LogP contribution in [0.1, 0.15) is 28.1 Å².